The number of hydrogen-bond acceptors (Lipinski definition) is 3. The van der Waals surface area contributed by atoms with Gasteiger partial charge in [0.15, 0.2) is 0 Å². The maximum absolute atomic E-state index is 10.6. The fourth-order valence-corrected chi connectivity index (χ4v) is 2.60. The molecule has 100 valence electrons. The van der Waals surface area contributed by atoms with E-state index in [1.807, 2.05) is 12.4 Å². The molecule has 18 heavy (non-hydrogen) atoms. The van der Waals surface area contributed by atoms with E-state index in [2.05, 4.69) is 21.4 Å². The molecule has 2 rings (SSSR count). The molecule has 1 atom stereocenters. The summed E-state index contributed by atoms with van der Waals surface area (Å²) in [5.74, 6) is 0.956. The molecule has 0 aliphatic carbocycles. The summed E-state index contributed by atoms with van der Waals surface area (Å²) in [5, 5.41) is 8.69. The first-order chi connectivity index (χ1) is 8.69. The Labute approximate surface area is 107 Å². The van der Waals surface area contributed by atoms with E-state index in [1.54, 1.807) is 0 Å². The van der Waals surface area contributed by atoms with Crippen LogP contribution in [0.15, 0.2) is 12.4 Å². The quantitative estimate of drug-likeness (QED) is 0.834. The maximum Gasteiger partial charge on any atom is 0.303 e. The number of carbonyl (C=O) groups is 1. The van der Waals surface area contributed by atoms with Gasteiger partial charge in [0.1, 0.15) is 5.82 Å². The Kier molecular flexibility index (Phi) is 4.36. The highest BCUT2D eigenvalue weighted by Crippen LogP contribution is 2.22. The van der Waals surface area contributed by atoms with E-state index in [0.29, 0.717) is 12.3 Å². The van der Waals surface area contributed by atoms with Crippen molar-refractivity contribution in [3.8, 4) is 0 Å². The number of carboxylic acid groups (broad SMARTS) is 1. The molecule has 1 aliphatic rings. The lowest BCUT2D eigenvalue weighted by molar-refractivity contribution is -0.137. The van der Waals surface area contributed by atoms with Crippen molar-refractivity contribution in [1.82, 2.24) is 14.5 Å². The molecule has 2 heterocycles. The smallest absolute Gasteiger partial charge is 0.303 e. The van der Waals surface area contributed by atoms with Gasteiger partial charge >= 0.3 is 5.97 Å². The van der Waals surface area contributed by atoms with Crippen LogP contribution < -0.4 is 0 Å². The maximum atomic E-state index is 10.6. The Morgan fingerprint density at radius 1 is 1.61 bits per heavy atom. The van der Waals surface area contributed by atoms with Crippen LogP contribution in [0.25, 0.3) is 0 Å². The number of rotatable bonds is 6. The van der Waals surface area contributed by atoms with Gasteiger partial charge < -0.3 is 9.67 Å². The molecule has 1 aromatic heterocycles. The fourth-order valence-electron chi connectivity index (χ4n) is 2.60. The van der Waals surface area contributed by atoms with Gasteiger partial charge in [0.25, 0.3) is 0 Å². The van der Waals surface area contributed by atoms with Crippen molar-refractivity contribution >= 4 is 5.97 Å². The first kappa shape index (κ1) is 13.1. The zero-order chi connectivity index (χ0) is 13.0. The molecule has 0 spiro atoms. The molecule has 0 saturated carbocycles. The largest absolute Gasteiger partial charge is 0.481 e. The van der Waals surface area contributed by atoms with Crippen LogP contribution in [0.4, 0.5) is 0 Å². The Bertz CT molecular complexity index is 403. The molecule has 0 aromatic carbocycles. The third-order valence-corrected chi connectivity index (χ3v) is 3.64. The summed E-state index contributed by atoms with van der Waals surface area (Å²) >= 11 is 0. The first-order valence-electron chi connectivity index (χ1n) is 6.63. The number of aryl methyl sites for hydroxylation is 1. The van der Waals surface area contributed by atoms with Crippen LogP contribution in [0.2, 0.25) is 0 Å². The van der Waals surface area contributed by atoms with E-state index in [1.165, 1.54) is 0 Å². The van der Waals surface area contributed by atoms with Crippen molar-refractivity contribution < 1.29 is 9.90 Å². The number of hydrogen-bond donors (Lipinski definition) is 1. The van der Waals surface area contributed by atoms with Crippen molar-refractivity contribution in [2.45, 2.75) is 39.3 Å². The number of carboxylic acids is 1. The Morgan fingerprint density at radius 3 is 3.17 bits per heavy atom. The van der Waals surface area contributed by atoms with Gasteiger partial charge in [-0.2, -0.15) is 0 Å². The summed E-state index contributed by atoms with van der Waals surface area (Å²) < 4.78 is 2.16. The molecule has 1 unspecified atom stereocenters. The molecule has 1 aliphatic heterocycles. The fraction of sp³-hybridized carbons (Fsp3) is 0.692. The van der Waals surface area contributed by atoms with E-state index in [9.17, 15) is 4.79 Å². The second-order valence-electron chi connectivity index (χ2n) is 4.95. The molecule has 1 fully saturated rings. The third kappa shape index (κ3) is 3.32. The average molecular weight is 251 g/mol. The lowest BCUT2D eigenvalue weighted by Crippen LogP contribution is -2.22. The van der Waals surface area contributed by atoms with Crippen LogP contribution in [0.3, 0.4) is 0 Å². The molecular formula is C13H21N3O2. The average Bonchev–Trinajstić information content (AvgIpc) is 2.96. The monoisotopic (exact) mass is 251 g/mol. The molecule has 0 radical (unpaired) electrons. The van der Waals surface area contributed by atoms with Gasteiger partial charge in [0.05, 0.1) is 6.54 Å². The summed E-state index contributed by atoms with van der Waals surface area (Å²) in [7, 11) is 0. The molecule has 0 bridgehead atoms. The van der Waals surface area contributed by atoms with Crippen molar-refractivity contribution in [3.63, 3.8) is 0 Å². The zero-order valence-corrected chi connectivity index (χ0v) is 10.9. The predicted octanol–water partition coefficient (Wildman–Crippen LogP) is 1.59. The number of aliphatic carboxylic acids is 1. The standard InChI is InChI=1S/C13H21N3O2/c1-2-16-8-6-14-12(16)10-15-7-5-11(9-15)3-4-13(17)18/h6,8,11H,2-5,7,9-10H2,1H3,(H,17,18). The van der Waals surface area contributed by atoms with Gasteiger partial charge in [-0.05, 0) is 32.2 Å². The van der Waals surface area contributed by atoms with Crippen LogP contribution in [0, 0.1) is 5.92 Å². The minimum absolute atomic E-state index is 0.294. The van der Waals surface area contributed by atoms with Gasteiger partial charge in [-0.15, -0.1) is 0 Å². The first-order valence-corrected chi connectivity index (χ1v) is 6.63. The summed E-state index contributed by atoms with van der Waals surface area (Å²) in [6.07, 6.45) is 6.06. The number of likely N-dealkylation sites (tertiary alicyclic amines) is 1. The van der Waals surface area contributed by atoms with Gasteiger partial charge in [0.2, 0.25) is 0 Å². The lowest BCUT2D eigenvalue weighted by Gasteiger charge is -2.16. The van der Waals surface area contributed by atoms with Crippen molar-refractivity contribution in [2.75, 3.05) is 13.1 Å². The number of imidazole rings is 1. The van der Waals surface area contributed by atoms with E-state index in [0.717, 1.165) is 44.8 Å². The SMILES string of the molecule is CCn1ccnc1CN1CCC(CCC(=O)O)C1. The lowest BCUT2D eigenvalue weighted by atomic mass is 10.0. The molecule has 1 saturated heterocycles. The van der Waals surface area contributed by atoms with Crippen molar-refractivity contribution in [2.24, 2.45) is 5.92 Å². The van der Waals surface area contributed by atoms with Crippen molar-refractivity contribution in [1.29, 1.82) is 0 Å². The minimum atomic E-state index is -0.685. The second-order valence-corrected chi connectivity index (χ2v) is 4.95. The normalized spacial score (nSPS) is 20.4. The molecule has 1 N–H and O–H groups in total. The van der Waals surface area contributed by atoms with E-state index in [4.69, 9.17) is 5.11 Å². The summed E-state index contributed by atoms with van der Waals surface area (Å²) in [5.41, 5.74) is 0. The highest BCUT2D eigenvalue weighted by Gasteiger charge is 2.23. The van der Waals surface area contributed by atoms with Gasteiger partial charge in [0, 0.05) is 31.9 Å². The van der Waals surface area contributed by atoms with E-state index >= 15 is 0 Å². The van der Waals surface area contributed by atoms with E-state index in [-0.39, 0.29) is 0 Å². The van der Waals surface area contributed by atoms with Crippen molar-refractivity contribution in [3.05, 3.63) is 18.2 Å². The molecule has 0 amide bonds. The summed E-state index contributed by atoms with van der Waals surface area (Å²) in [4.78, 5) is 17.3. The summed E-state index contributed by atoms with van der Waals surface area (Å²) in [6, 6.07) is 0. The topological polar surface area (TPSA) is 58.4 Å². The van der Waals surface area contributed by atoms with Crippen LogP contribution in [0.1, 0.15) is 32.0 Å². The van der Waals surface area contributed by atoms with Gasteiger partial charge in [-0.3, -0.25) is 9.69 Å². The Morgan fingerprint density at radius 2 is 2.44 bits per heavy atom. The van der Waals surface area contributed by atoms with Crippen LogP contribution in [-0.2, 0) is 17.9 Å². The van der Waals surface area contributed by atoms with Crippen LogP contribution in [-0.4, -0.2) is 38.6 Å². The predicted molar refractivity (Wildman–Crippen MR) is 68.2 cm³/mol. The van der Waals surface area contributed by atoms with Crippen LogP contribution in [0.5, 0.6) is 0 Å². The minimum Gasteiger partial charge on any atom is -0.481 e. The number of aromatic nitrogens is 2. The molecule has 5 nitrogen and oxygen atoms in total. The molecular weight excluding hydrogens is 230 g/mol. The van der Waals surface area contributed by atoms with Gasteiger partial charge in [-0.25, -0.2) is 4.98 Å². The highest BCUT2D eigenvalue weighted by molar-refractivity contribution is 5.66. The zero-order valence-electron chi connectivity index (χ0n) is 10.9. The Hall–Kier alpha value is -1.36. The third-order valence-electron chi connectivity index (χ3n) is 3.64. The van der Waals surface area contributed by atoms with Gasteiger partial charge in [-0.1, -0.05) is 0 Å². The van der Waals surface area contributed by atoms with Crippen LogP contribution >= 0.6 is 0 Å². The molecule has 5 heteroatoms. The Balaban J connectivity index is 1.80. The van der Waals surface area contributed by atoms with E-state index < -0.39 is 5.97 Å². The second kappa shape index (κ2) is 6.00. The highest BCUT2D eigenvalue weighted by atomic mass is 16.4. The number of nitrogens with zero attached hydrogens (tertiary/aromatic N) is 3. The summed E-state index contributed by atoms with van der Waals surface area (Å²) in [6.45, 7) is 6.01. The molecule has 1 aromatic rings.